The molecule has 8 nitrogen and oxygen atoms in total. The number of ether oxygens (including phenoxy) is 2. The lowest BCUT2D eigenvalue weighted by Crippen LogP contribution is -2.42. The second-order valence-corrected chi connectivity index (χ2v) is 9.89. The number of carbonyl (C=O) groups excluding carboxylic acids is 1. The summed E-state index contributed by atoms with van der Waals surface area (Å²) in [6.07, 6.45) is 0.306. The van der Waals surface area contributed by atoms with Crippen molar-refractivity contribution in [3.8, 4) is 11.5 Å². The summed E-state index contributed by atoms with van der Waals surface area (Å²) in [6.45, 7) is 0.103. The van der Waals surface area contributed by atoms with Gasteiger partial charge in [-0.25, -0.2) is 13.2 Å². The molecule has 0 spiro atoms. The van der Waals surface area contributed by atoms with E-state index in [1.807, 2.05) is 0 Å². The zero-order valence-electron chi connectivity index (χ0n) is 17.7. The Balaban J connectivity index is 1.74. The van der Waals surface area contributed by atoms with Crippen molar-refractivity contribution < 1.29 is 27.1 Å². The van der Waals surface area contributed by atoms with E-state index in [-0.39, 0.29) is 23.6 Å². The molecule has 0 N–H and O–H groups in total. The number of amides is 1. The van der Waals surface area contributed by atoms with E-state index in [0.717, 1.165) is 0 Å². The van der Waals surface area contributed by atoms with Crippen LogP contribution in [0.1, 0.15) is 22.3 Å². The number of para-hydroxylation sites is 1. The Kier molecular flexibility index (Phi) is 5.92. The first-order valence-corrected chi connectivity index (χ1v) is 11.9. The fourth-order valence-corrected chi connectivity index (χ4v) is 5.66. The van der Waals surface area contributed by atoms with Crippen molar-refractivity contribution in [1.29, 1.82) is 0 Å². The van der Waals surface area contributed by atoms with Gasteiger partial charge in [-0.1, -0.05) is 24.3 Å². The van der Waals surface area contributed by atoms with E-state index in [2.05, 4.69) is 0 Å². The van der Waals surface area contributed by atoms with Crippen LogP contribution in [0.4, 0.5) is 0 Å². The Bertz CT molecular complexity index is 1330. The van der Waals surface area contributed by atoms with Gasteiger partial charge < -0.3 is 18.8 Å². The lowest BCUT2D eigenvalue weighted by atomic mass is 10.1. The first-order valence-electron chi connectivity index (χ1n) is 10.1. The lowest BCUT2D eigenvalue weighted by Gasteiger charge is -2.28. The highest BCUT2D eigenvalue weighted by Crippen LogP contribution is 2.29. The monoisotopic (exact) mass is 457 g/mol. The van der Waals surface area contributed by atoms with Gasteiger partial charge in [-0.05, 0) is 36.2 Å². The number of methoxy groups -OCH3 is 2. The number of carbonyl (C=O) groups is 1. The summed E-state index contributed by atoms with van der Waals surface area (Å²) >= 11 is 0. The van der Waals surface area contributed by atoms with Gasteiger partial charge in [0, 0.05) is 18.0 Å². The van der Waals surface area contributed by atoms with Crippen LogP contribution < -0.4 is 15.1 Å². The smallest absolute Gasteiger partial charge is 0.349 e. The molecule has 0 aliphatic carbocycles. The first kappa shape index (κ1) is 21.9. The maximum absolute atomic E-state index is 13.5. The van der Waals surface area contributed by atoms with Gasteiger partial charge in [-0.3, -0.25) is 4.79 Å². The summed E-state index contributed by atoms with van der Waals surface area (Å²) in [4.78, 5) is 27.5. The summed E-state index contributed by atoms with van der Waals surface area (Å²) in [6, 6.07) is 13.1. The Morgan fingerprint density at radius 3 is 2.53 bits per heavy atom. The van der Waals surface area contributed by atoms with E-state index < -0.39 is 27.4 Å². The molecule has 3 aromatic rings. The minimum absolute atomic E-state index is 0.000290. The van der Waals surface area contributed by atoms with Gasteiger partial charge in [0.05, 0.1) is 25.7 Å². The predicted molar refractivity (Wildman–Crippen MR) is 119 cm³/mol. The van der Waals surface area contributed by atoms with Crippen LogP contribution in [0.2, 0.25) is 0 Å². The number of fused-ring (bicyclic) bond motifs is 1. The molecule has 1 aromatic heterocycles. The van der Waals surface area contributed by atoms with Gasteiger partial charge in [-0.2, -0.15) is 0 Å². The number of benzene rings is 2. The van der Waals surface area contributed by atoms with Crippen molar-refractivity contribution in [2.45, 2.75) is 19.0 Å². The van der Waals surface area contributed by atoms with Crippen molar-refractivity contribution in [2.75, 3.05) is 25.7 Å². The van der Waals surface area contributed by atoms with Crippen molar-refractivity contribution in [2.24, 2.45) is 0 Å². The number of hydrogen-bond donors (Lipinski definition) is 0. The minimum atomic E-state index is -3.26. The molecular weight excluding hydrogens is 434 g/mol. The van der Waals surface area contributed by atoms with E-state index >= 15 is 0 Å². The molecule has 4 rings (SSSR count). The average Bonchev–Trinajstić information content (AvgIpc) is 3.15. The van der Waals surface area contributed by atoms with E-state index in [0.29, 0.717) is 34.5 Å². The van der Waals surface area contributed by atoms with Crippen molar-refractivity contribution in [1.82, 2.24) is 4.90 Å². The zero-order chi connectivity index (χ0) is 22.9. The molecule has 1 saturated heterocycles. The van der Waals surface area contributed by atoms with Crippen LogP contribution in [0.15, 0.2) is 57.7 Å². The molecule has 0 bridgehead atoms. The molecule has 1 aliphatic rings. The highest BCUT2D eigenvalue weighted by molar-refractivity contribution is 7.91. The second kappa shape index (κ2) is 8.66. The molecule has 2 aromatic carbocycles. The molecule has 2 heterocycles. The standard InChI is InChI=1S/C23H23NO7S/c1-29-20-8-7-15(11-21(20)30-2)13-24(17-9-10-32(27,28)14-17)22(25)18-12-16-5-3-4-6-19(16)31-23(18)26/h3-8,11-12,17H,9-10,13-14H2,1-2H3/t17-/m0/s1. The van der Waals surface area contributed by atoms with Crippen LogP contribution in [-0.4, -0.2) is 51.0 Å². The third kappa shape index (κ3) is 4.34. The molecule has 0 unspecified atom stereocenters. The maximum Gasteiger partial charge on any atom is 0.349 e. The van der Waals surface area contributed by atoms with E-state index in [4.69, 9.17) is 13.9 Å². The Hall–Kier alpha value is -3.33. The van der Waals surface area contributed by atoms with Gasteiger partial charge in [0.1, 0.15) is 11.1 Å². The molecule has 9 heteroatoms. The quantitative estimate of drug-likeness (QED) is 0.524. The molecule has 0 saturated carbocycles. The fourth-order valence-electron chi connectivity index (χ4n) is 3.93. The Morgan fingerprint density at radius 2 is 1.84 bits per heavy atom. The SMILES string of the molecule is COc1ccc(CN(C(=O)c2cc3ccccc3oc2=O)[C@H]2CCS(=O)(=O)C2)cc1OC. The van der Waals surface area contributed by atoms with E-state index in [9.17, 15) is 18.0 Å². The van der Waals surface area contributed by atoms with E-state index in [1.165, 1.54) is 25.2 Å². The average molecular weight is 458 g/mol. The first-order chi connectivity index (χ1) is 15.3. The van der Waals surface area contributed by atoms with E-state index in [1.54, 1.807) is 42.5 Å². The molecule has 1 fully saturated rings. The Morgan fingerprint density at radius 1 is 1.09 bits per heavy atom. The number of sulfone groups is 1. The molecule has 168 valence electrons. The van der Waals surface area contributed by atoms with Gasteiger partial charge in [0.25, 0.3) is 5.91 Å². The third-order valence-electron chi connectivity index (χ3n) is 5.58. The summed E-state index contributed by atoms with van der Waals surface area (Å²) < 4.78 is 40.2. The minimum Gasteiger partial charge on any atom is -0.493 e. The van der Waals surface area contributed by atoms with Gasteiger partial charge in [0.2, 0.25) is 0 Å². The topological polar surface area (TPSA) is 103 Å². The van der Waals surface area contributed by atoms with Gasteiger partial charge in [-0.15, -0.1) is 0 Å². The van der Waals surface area contributed by atoms with Crippen LogP contribution in [0.25, 0.3) is 11.0 Å². The summed E-state index contributed by atoms with van der Waals surface area (Å²) in [5.41, 5.74) is 0.203. The number of nitrogens with zero attached hydrogens (tertiary/aromatic N) is 1. The van der Waals surface area contributed by atoms with Crippen molar-refractivity contribution in [3.05, 3.63) is 70.1 Å². The molecule has 0 radical (unpaired) electrons. The van der Waals surface area contributed by atoms with Gasteiger partial charge in [0.15, 0.2) is 21.3 Å². The zero-order valence-corrected chi connectivity index (χ0v) is 18.6. The van der Waals surface area contributed by atoms with Crippen LogP contribution in [0.5, 0.6) is 11.5 Å². The lowest BCUT2D eigenvalue weighted by molar-refractivity contribution is 0.0676. The number of rotatable bonds is 6. The second-order valence-electron chi connectivity index (χ2n) is 7.66. The fraction of sp³-hybridized carbons (Fsp3) is 0.304. The molecular formula is C23H23NO7S. The summed E-state index contributed by atoms with van der Waals surface area (Å²) in [7, 11) is -0.225. The van der Waals surface area contributed by atoms with Gasteiger partial charge >= 0.3 is 5.63 Å². The Labute approximate surface area is 185 Å². The normalized spacial score (nSPS) is 17.2. The van der Waals surface area contributed by atoms with Crippen LogP contribution in [0, 0.1) is 0 Å². The molecule has 1 amide bonds. The van der Waals surface area contributed by atoms with Crippen LogP contribution in [0.3, 0.4) is 0 Å². The van der Waals surface area contributed by atoms with Crippen LogP contribution >= 0.6 is 0 Å². The summed E-state index contributed by atoms with van der Waals surface area (Å²) in [5.74, 6) is 0.306. The van der Waals surface area contributed by atoms with Crippen molar-refractivity contribution >= 4 is 26.7 Å². The number of hydrogen-bond acceptors (Lipinski definition) is 7. The largest absolute Gasteiger partial charge is 0.493 e. The van der Waals surface area contributed by atoms with Crippen molar-refractivity contribution in [3.63, 3.8) is 0 Å². The summed E-state index contributed by atoms with van der Waals surface area (Å²) in [5, 5.41) is 0.612. The predicted octanol–water partition coefficient (Wildman–Crippen LogP) is 2.64. The molecule has 1 atom stereocenters. The van der Waals surface area contributed by atoms with Crippen LogP contribution in [-0.2, 0) is 16.4 Å². The molecule has 32 heavy (non-hydrogen) atoms. The highest BCUT2D eigenvalue weighted by Gasteiger charge is 2.36. The highest BCUT2D eigenvalue weighted by atomic mass is 32.2. The maximum atomic E-state index is 13.5. The third-order valence-corrected chi connectivity index (χ3v) is 7.33. The molecule has 1 aliphatic heterocycles.